The van der Waals surface area contributed by atoms with Crippen molar-refractivity contribution in [3.8, 4) is 5.75 Å². The molecule has 1 aromatic rings. The van der Waals surface area contributed by atoms with E-state index in [4.69, 9.17) is 27.9 Å². The summed E-state index contributed by atoms with van der Waals surface area (Å²) >= 11 is 12.5. The van der Waals surface area contributed by atoms with Crippen molar-refractivity contribution >= 4 is 23.2 Å². The van der Waals surface area contributed by atoms with Gasteiger partial charge in [0.05, 0.1) is 12.0 Å². The minimum Gasteiger partial charge on any atom is -0.497 e. The first-order chi connectivity index (χ1) is 8.61. The maximum absolute atomic E-state index is 6.49. The summed E-state index contributed by atoms with van der Waals surface area (Å²) in [4.78, 5) is -0.477. The number of halogens is 2. The molecule has 0 N–H and O–H groups in total. The summed E-state index contributed by atoms with van der Waals surface area (Å²) in [6, 6.07) is 8.03. The highest BCUT2D eigenvalue weighted by Crippen LogP contribution is 2.33. The number of alkyl halides is 1. The van der Waals surface area contributed by atoms with E-state index in [2.05, 4.69) is 6.07 Å². The topological polar surface area (TPSA) is 9.23 Å². The maximum atomic E-state index is 6.49. The van der Waals surface area contributed by atoms with Crippen molar-refractivity contribution in [2.24, 2.45) is 0 Å². The van der Waals surface area contributed by atoms with Gasteiger partial charge >= 0.3 is 0 Å². The van der Waals surface area contributed by atoms with Crippen LogP contribution in [0.15, 0.2) is 47.5 Å². The van der Waals surface area contributed by atoms with Gasteiger partial charge in [-0.05, 0) is 42.7 Å². The number of ether oxygens (including phenoxy) is 1. The summed E-state index contributed by atoms with van der Waals surface area (Å²) < 4.78 is 5.20. The molecular formula is C15H15Cl2O. The molecule has 95 valence electrons. The molecular weight excluding hydrogens is 267 g/mol. The Bertz CT molecular complexity index is 479. The van der Waals surface area contributed by atoms with Crippen LogP contribution >= 0.6 is 23.2 Å². The molecule has 0 amide bonds. The molecule has 3 heteroatoms. The largest absolute Gasteiger partial charge is 0.497 e. The molecule has 0 bridgehead atoms. The van der Waals surface area contributed by atoms with E-state index < -0.39 is 4.87 Å². The van der Waals surface area contributed by atoms with Gasteiger partial charge in [0.1, 0.15) is 5.75 Å². The number of aryl methyl sites for hydroxylation is 1. The number of benzene rings is 1. The lowest BCUT2D eigenvalue weighted by molar-refractivity contribution is 0.414. The van der Waals surface area contributed by atoms with E-state index in [1.54, 1.807) is 7.11 Å². The number of allylic oxidation sites excluding steroid dienone is 4. The van der Waals surface area contributed by atoms with Gasteiger partial charge in [-0.15, -0.1) is 11.6 Å². The molecule has 1 aromatic carbocycles. The third-order valence-electron chi connectivity index (χ3n) is 2.94. The molecule has 2 rings (SSSR count). The Morgan fingerprint density at radius 3 is 2.89 bits per heavy atom. The zero-order chi connectivity index (χ0) is 13.0. The highest BCUT2D eigenvalue weighted by molar-refractivity contribution is 6.33. The smallest absolute Gasteiger partial charge is 0.119 e. The van der Waals surface area contributed by atoms with Gasteiger partial charge in [-0.2, -0.15) is 0 Å². The highest BCUT2D eigenvalue weighted by Gasteiger charge is 2.25. The van der Waals surface area contributed by atoms with Crippen LogP contribution in [0, 0.1) is 6.42 Å². The van der Waals surface area contributed by atoms with E-state index in [9.17, 15) is 0 Å². The molecule has 1 atom stereocenters. The lowest BCUT2D eigenvalue weighted by Crippen LogP contribution is -2.21. The van der Waals surface area contributed by atoms with Gasteiger partial charge in [0, 0.05) is 11.5 Å². The summed E-state index contributed by atoms with van der Waals surface area (Å²) in [6.45, 7) is 0. The second kappa shape index (κ2) is 5.81. The van der Waals surface area contributed by atoms with Crippen molar-refractivity contribution in [2.75, 3.05) is 7.11 Å². The molecule has 0 aromatic heterocycles. The highest BCUT2D eigenvalue weighted by atomic mass is 35.5. The van der Waals surface area contributed by atoms with Crippen LogP contribution in [0.4, 0.5) is 0 Å². The monoisotopic (exact) mass is 281 g/mol. The standard InChI is InChI=1S/C15H15Cl2O/c1-18-14-6-2-4-12(10-14)7-9-15(17)8-3-5-13(16)11-15/h2-6,8,10-11H,7,9H2,1H3. The third-order valence-corrected chi connectivity index (χ3v) is 3.60. The van der Waals surface area contributed by atoms with Crippen LogP contribution < -0.4 is 4.74 Å². The van der Waals surface area contributed by atoms with Gasteiger partial charge in [-0.3, -0.25) is 0 Å². The van der Waals surface area contributed by atoms with Crippen LogP contribution in [0.1, 0.15) is 12.0 Å². The molecule has 1 nitrogen and oxygen atoms in total. The van der Waals surface area contributed by atoms with Gasteiger partial charge in [0.25, 0.3) is 0 Å². The van der Waals surface area contributed by atoms with Gasteiger partial charge in [-0.1, -0.05) is 29.8 Å². The van der Waals surface area contributed by atoms with Crippen molar-refractivity contribution in [1.82, 2.24) is 0 Å². The van der Waals surface area contributed by atoms with Crippen molar-refractivity contribution in [2.45, 2.75) is 17.7 Å². The molecule has 1 unspecified atom stereocenters. The summed E-state index contributed by atoms with van der Waals surface area (Å²) in [5.41, 5.74) is 1.21. The molecule has 0 saturated carbocycles. The van der Waals surface area contributed by atoms with Crippen LogP contribution in [-0.2, 0) is 6.42 Å². The van der Waals surface area contributed by atoms with Gasteiger partial charge in [-0.25, -0.2) is 0 Å². The molecule has 0 saturated heterocycles. The molecule has 1 radical (unpaired) electrons. The summed E-state index contributed by atoms with van der Waals surface area (Å²) in [7, 11) is 1.67. The van der Waals surface area contributed by atoms with Crippen LogP contribution in [0.3, 0.4) is 0 Å². The number of hydrogen-bond donors (Lipinski definition) is 0. The molecule has 0 fully saturated rings. The molecule has 0 aliphatic heterocycles. The SMILES string of the molecule is COc1cccc(CCC2(Cl)[CH]C=CC(Cl)=C2)c1. The lowest BCUT2D eigenvalue weighted by Gasteiger charge is -2.24. The second-order valence-corrected chi connectivity index (χ2v) is 5.47. The summed E-state index contributed by atoms with van der Waals surface area (Å²) in [5, 5.41) is 0.693. The Labute approximate surface area is 118 Å². The second-order valence-electron chi connectivity index (χ2n) is 4.33. The van der Waals surface area contributed by atoms with E-state index >= 15 is 0 Å². The predicted octanol–water partition coefficient (Wildman–Crippen LogP) is 4.50. The quantitative estimate of drug-likeness (QED) is 0.739. The Kier molecular flexibility index (Phi) is 4.36. The number of methoxy groups -OCH3 is 1. The summed E-state index contributed by atoms with van der Waals surface area (Å²) in [5.74, 6) is 0.872. The Morgan fingerprint density at radius 2 is 2.17 bits per heavy atom. The van der Waals surface area contributed by atoms with Crippen LogP contribution in [0.25, 0.3) is 0 Å². The lowest BCUT2D eigenvalue weighted by atomic mass is 9.92. The minimum atomic E-state index is -0.477. The van der Waals surface area contributed by atoms with E-state index in [0.29, 0.717) is 5.03 Å². The Morgan fingerprint density at radius 1 is 1.33 bits per heavy atom. The van der Waals surface area contributed by atoms with Crippen molar-refractivity contribution in [3.63, 3.8) is 0 Å². The van der Waals surface area contributed by atoms with Gasteiger partial charge < -0.3 is 4.74 Å². The van der Waals surface area contributed by atoms with Gasteiger partial charge in [0.15, 0.2) is 0 Å². The van der Waals surface area contributed by atoms with Gasteiger partial charge in [0.2, 0.25) is 0 Å². The molecule has 0 spiro atoms. The van der Waals surface area contributed by atoms with E-state index in [-0.39, 0.29) is 0 Å². The van der Waals surface area contributed by atoms with Crippen LogP contribution in [0.2, 0.25) is 0 Å². The Balaban J connectivity index is 2.01. The molecule has 0 heterocycles. The van der Waals surface area contributed by atoms with Crippen LogP contribution in [-0.4, -0.2) is 12.0 Å². The third kappa shape index (κ3) is 3.54. The van der Waals surface area contributed by atoms with E-state index in [0.717, 1.165) is 18.6 Å². The van der Waals surface area contributed by atoms with Crippen molar-refractivity contribution in [3.05, 3.63) is 59.5 Å². The first-order valence-electron chi connectivity index (χ1n) is 5.84. The fourth-order valence-electron chi connectivity index (χ4n) is 1.94. The minimum absolute atomic E-state index is 0.477. The molecule has 1 aliphatic carbocycles. The average molecular weight is 282 g/mol. The van der Waals surface area contributed by atoms with Crippen molar-refractivity contribution < 1.29 is 4.74 Å². The number of hydrogen-bond acceptors (Lipinski definition) is 1. The zero-order valence-electron chi connectivity index (χ0n) is 10.2. The number of rotatable bonds is 4. The van der Waals surface area contributed by atoms with Crippen molar-refractivity contribution in [1.29, 1.82) is 0 Å². The van der Waals surface area contributed by atoms with Crippen LogP contribution in [0.5, 0.6) is 5.75 Å². The molecule has 1 aliphatic rings. The predicted molar refractivity (Wildman–Crippen MR) is 77.3 cm³/mol. The van der Waals surface area contributed by atoms with E-state index in [1.165, 1.54) is 5.56 Å². The zero-order valence-corrected chi connectivity index (χ0v) is 11.7. The molecule has 18 heavy (non-hydrogen) atoms. The van der Waals surface area contributed by atoms with E-state index in [1.807, 2.05) is 42.8 Å². The maximum Gasteiger partial charge on any atom is 0.119 e. The first-order valence-corrected chi connectivity index (χ1v) is 6.60. The first kappa shape index (κ1) is 13.5. The normalized spacial score (nSPS) is 22.7. The summed E-state index contributed by atoms with van der Waals surface area (Å²) in [6.07, 6.45) is 9.29. The Hall–Kier alpha value is -0.920. The average Bonchev–Trinajstić information content (AvgIpc) is 2.37. The fourth-order valence-corrected chi connectivity index (χ4v) is 2.55. The fraction of sp³-hybridized carbons (Fsp3) is 0.267.